The molecule has 4 aliphatic carbocycles. The van der Waals surface area contributed by atoms with Gasteiger partial charge in [-0.1, -0.05) is 37.6 Å². The molecule has 0 saturated heterocycles. The van der Waals surface area contributed by atoms with Crippen molar-refractivity contribution in [3.05, 3.63) is 40.5 Å². The Hall–Kier alpha value is -2.63. The number of benzene rings is 1. The van der Waals surface area contributed by atoms with Crippen LogP contribution in [0.5, 0.6) is 5.75 Å². The molecule has 10 heteroatoms. The summed E-state index contributed by atoms with van der Waals surface area (Å²) < 4.78 is 6.41. The second-order valence-corrected chi connectivity index (χ2v) is 15.5. The summed E-state index contributed by atoms with van der Waals surface area (Å²) in [5.74, 6) is 0.194. The molecule has 266 valence electrons. The van der Waals surface area contributed by atoms with Crippen LogP contribution >= 0.6 is 0 Å². The molecule has 0 aliphatic heterocycles. The SMILES string of the molecule is C[C@]12CC[C@H](O)CC1=CCC1C2CC[C@@]2(C)C1CC[C@@H]2OCCC(=O)CCC(O)C(O)CCC(=O)Cc1ccc(CO)c(C(N)=O)c1O. The number of hydrogen-bond acceptors (Lipinski definition) is 9. The highest BCUT2D eigenvalue weighted by Gasteiger charge is 2.59. The zero-order valence-electron chi connectivity index (χ0n) is 28.5. The van der Waals surface area contributed by atoms with E-state index in [2.05, 4.69) is 19.9 Å². The van der Waals surface area contributed by atoms with Crippen molar-refractivity contribution in [3.8, 4) is 5.75 Å². The molecule has 5 rings (SSSR count). The molecule has 48 heavy (non-hydrogen) atoms. The van der Waals surface area contributed by atoms with Crippen LogP contribution in [0, 0.1) is 28.6 Å². The summed E-state index contributed by atoms with van der Waals surface area (Å²) in [6.45, 7) is 4.67. The monoisotopic (exact) mass is 669 g/mol. The second-order valence-electron chi connectivity index (χ2n) is 15.5. The molecule has 0 aromatic heterocycles. The van der Waals surface area contributed by atoms with Crippen LogP contribution in [-0.4, -0.2) is 74.0 Å². The molecule has 0 heterocycles. The van der Waals surface area contributed by atoms with Gasteiger partial charge in [0.25, 0.3) is 5.91 Å². The molecule has 5 unspecified atom stereocenters. The van der Waals surface area contributed by atoms with Crippen molar-refractivity contribution in [2.24, 2.45) is 34.3 Å². The van der Waals surface area contributed by atoms with E-state index in [9.17, 15) is 39.9 Å². The van der Waals surface area contributed by atoms with E-state index in [1.54, 1.807) is 0 Å². The molecule has 0 radical (unpaired) electrons. The number of carbonyl (C=O) groups excluding carboxylic acids is 3. The fourth-order valence-electron chi connectivity index (χ4n) is 9.84. The third-order valence-electron chi connectivity index (χ3n) is 12.7. The van der Waals surface area contributed by atoms with E-state index in [0.29, 0.717) is 24.4 Å². The van der Waals surface area contributed by atoms with Crippen LogP contribution in [-0.2, 0) is 27.4 Å². The highest BCUT2D eigenvalue weighted by Crippen LogP contribution is 2.65. The Bertz CT molecular complexity index is 1390. The van der Waals surface area contributed by atoms with Crippen molar-refractivity contribution < 1.29 is 44.7 Å². The minimum atomic E-state index is -1.19. The zero-order valence-corrected chi connectivity index (χ0v) is 28.5. The number of aliphatic hydroxyl groups excluding tert-OH is 4. The largest absolute Gasteiger partial charge is 0.507 e. The van der Waals surface area contributed by atoms with Gasteiger partial charge in [0.15, 0.2) is 0 Å². The molecular weight excluding hydrogens is 614 g/mol. The number of allylic oxidation sites excluding steroid dienone is 1. The van der Waals surface area contributed by atoms with E-state index >= 15 is 0 Å². The maximum atomic E-state index is 12.7. The standard InChI is InChI=1S/C38H55NO9/c1-37-16-13-27(43)20-24(37)5-8-28-29-9-12-33(38(29,2)17-14-30(28)37)48-18-15-25(41)6-10-31(44)32(45)11-7-26(42)19-22-3-4-23(21-40)34(35(22)46)36(39)47/h3-5,27-33,40,43-46H,6-21H2,1-2H3,(H2,39,47)/t27-,28?,29?,30?,31?,32?,33-,37-,38-/m0/s1. The number of phenols is 1. The van der Waals surface area contributed by atoms with Crippen LogP contribution in [0.25, 0.3) is 0 Å². The molecule has 3 fully saturated rings. The average molecular weight is 670 g/mol. The van der Waals surface area contributed by atoms with Crippen molar-refractivity contribution in [3.63, 3.8) is 0 Å². The topological polar surface area (TPSA) is 188 Å². The first-order chi connectivity index (χ1) is 22.8. The lowest BCUT2D eigenvalue weighted by Crippen LogP contribution is -2.51. The summed E-state index contributed by atoms with van der Waals surface area (Å²) in [5.41, 5.74) is 7.21. The van der Waals surface area contributed by atoms with Crippen LogP contribution in [0.1, 0.15) is 119 Å². The van der Waals surface area contributed by atoms with E-state index < -0.39 is 30.5 Å². The summed E-state index contributed by atoms with van der Waals surface area (Å²) >= 11 is 0. The maximum absolute atomic E-state index is 12.7. The van der Waals surface area contributed by atoms with Gasteiger partial charge >= 0.3 is 0 Å². The number of primary amides is 1. The summed E-state index contributed by atoms with van der Waals surface area (Å²) in [6.07, 6.45) is 8.52. The first-order valence-corrected chi connectivity index (χ1v) is 17.9. The van der Waals surface area contributed by atoms with E-state index in [-0.39, 0.29) is 89.8 Å². The van der Waals surface area contributed by atoms with Crippen LogP contribution < -0.4 is 5.73 Å². The quantitative estimate of drug-likeness (QED) is 0.150. The number of aromatic hydroxyl groups is 1. The van der Waals surface area contributed by atoms with E-state index in [4.69, 9.17) is 10.5 Å². The number of ketones is 2. The summed E-state index contributed by atoms with van der Waals surface area (Å²) in [6, 6.07) is 2.86. The first-order valence-electron chi connectivity index (χ1n) is 17.9. The van der Waals surface area contributed by atoms with Gasteiger partial charge < -0.3 is 36.0 Å². The van der Waals surface area contributed by atoms with Gasteiger partial charge in [-0.2, -0.15) is 0 Å². The third kappa shape index (κ3) is 7.43. The molecule has 7 N–H and O–H groups in total. The lowest BCUT2D eigenvalue weighted by Gasteiger charge is -2.57. The summed E-state index contributed by atoms with van der Waals surface area (Å²) in [7, 11) is 0. The summed E-state index contributed by atoms with van der Waals surface area (Å²) in [5, 5.41) is 50.9. The van der Waals surface area contributed by atoms with Crippen LogP contribution in [0.3, 0.4) is 0 Å². The molecule has 9 atom stereocenters. The van der Waals surface area contributed by atoms with Crippen molar-refractivity contribution in [1.82, 2.24) is 0 Å². The molecule has 1 aromatic rings. The number of amides is 1. The lowest BCUT2D eigenvalue weighted by atomic mass is 9.48. The molecule has 10 nitrogen and oxygen atoms in total. The highest BCUT2D eigenvalue weighted by molar-refractivity contribution is 5.98. The van der Waals surface area contributed by atoms with Gasteiger partial charge in [0.1, 0.15) is 17.3 Å². The smallest absolute Gasteiger partial charge is 0.252 e. The predicted octanol–water partition coefficient (Wildman–Crippen LogP) is 4.05. The molecule has 1 amide bonds. The van der Waals surface area contributed by atoms with Crippen molar-refractivity contribution >= 4 is 17.5 Å². The number of aliphatic hydroxyl groups is 4. The Morgan fingerprint density at radius 2 is 1.62 bits per heavy atom. The van der Waals surface area contributed by atoms with Crippen LogP contribution in [0.4, 0.5) is 0 Å². The van der Waals surface area contributed by atoms with Gasteiger partial charge in [-0.25, -0.2) is 0 Å². The third-order valence-corrected chi connectivity index (χ3v) is 12.7. The van der Waals surface area contributed by atoms with Crippen LogP contribution in [0.15, 0.2) is 23.8 Å². The molecule has 4 aliphatic rings. The van der Waals surface area contributed by atoms with Crippen LogP contribution in [0.2, 0.25) is 0 Å². The number of ether oxygens (including phenoxy) is 1. The van der Waals surface area contributed by atoms with Gasteiger partial charge in [0, 0.05) is 31.2 Å². The average Bonchev–Trinajstić information content (AvgIpc) is 3.39. The number of hydrogen-bond donors (Lipinski definition) is 6. The Kier molecular flexibility index (Phi) is 11.5. The Balaban J connectivity index is 1.02. The van der Waals surface area contributed by atoms with Crippen molar-refractivity contribution in [2.45, 2.75) is 135 Å². The van der Waals surface area contributed by atoms with Gasteiger partial charge in [0.05, 0.1) is 43.2 Å². The number of fused-ring (bicyclic) bond motifs is 5. The van der Waals surface area contributed by atoms with E-state index in [1.807, 2.05) is 0 Å². The Morgan fingerprint density at radius 1 is 0.938 bits per heavy atom. The second kappa shape index (κ2) is 15.1. The van der Waals surface area contributed by atoms with Gasteiger partial charge in [-0.05, 0) is 98.4 Å². The number of rotatable bonds is 15. The Morgan fingerprint density at radius 3 is 2.31 bits per heavy atom. The zero-order chi connectivity index (χ0) is 34.8. The molecule has 3 saturated carbocycles. The highest BCUT2D eigenvalue weighted by atomic mass is 16.5. The lowest BCUT2D eigenvalue weighted by molar-refractivity contribution is -0.124. The van der Waals surface area contributed by atoms with Gasteiger partial charge in [-0.3, -0.25) is 14.4 Å². The number of carbonyl (C=O) groups is 3. The molecule has 0 spiro atoms. The fourth-order valence-corrected chi connectivity index (χ4v) is 9.84. The number of Topliss-reactive ketones (excluding diaryl/α,β-unsaturated/α-hetero) is 2. The Labute approximate surface area is 283 Å². The summed E-state index contributed by atoms with van der Waals surface area (Å²) in [4.78, 5) is 36.9. The van der Waals surface area contributed by atoms with Crippen molar-refractivity contribution in [2.75, 3.05) is 6.61 Å². The maximum Gasteiger partial charge on any atom is 0.252 e. The van der Waals surface area contributed by atoms with Crippen molar-refractivity contribution in [1.29, 1.82) is 0 Å². The normalized spacial score (nSPS) is 32.4. The number of nitrogens with two attached hydrogens (primary N) is 1. The van der Waals surface area contributed by atoms with E-state index in [1.165, 1.54) is 24.1 Å². The molecular formula is C38H55NO9. The van der Waals surface area contributed by atoms with Gasteiger partial charge in [-0.15, -0.1) is 0 Å². The van der Waals surface area contributed by atoms with E-state index in [0.717, 1.165) is 44.9 Å². The predicted molar refractivity (Wildman–Crippen MR) is 179 cm³/mol. The first kappa shape index (κ1) is 36.6. The molecule has 1 aromatic carbocycles. The minimum Gasteiger partial charge on any atom is -0.507 e. The van der Waals surface area contributed by atoms with Gasteiger partial charge in [0.2, 0.25) is 0 Å². The fraction of sp³-hybridized carbons (Fsp3) is 0.711. The molecule has 0 bridgehead atoms. The minimum absolute atomic E-state index is 0.0169.